The number of amides is 1. The van der Waals surface area contributed by atoms with E-state index in [0.717, 1.165) is 13.1 Å². The van der Waals surface area contributed by atoms with Crippen LogP contribution in [0, 0.1) is 5.92 Å². The molecule has 1 aromatic carbocycles. The Hall–Kier alpha value is -2.23. The number of sulfonamides is 1. The first kappa shape index (κ1) is 22.0. The van der Waals surface area contributed by atoms with Crippen molar-refractivity contribution >= 4 is 33.1 Å². The average molecular weight is 461 g/mol. The highest BCUT2D eigenvalue weighted by Gasteiger charge is 2.33. The van der Waals surface area contributed by atoms with E-state index in [-0.39, 0.29) is 28.6 Å². The Labute approximate surface area is 187 Å². The van der Waals surface area contributed by atoms with Gasteiger partial charge in [-0.05, 0) is 55.4 Å². The fourth-order valence-electron chi connectivity index (χ4n) is 4.12. The molecule has 0 bridgehead atoms. The van der Waals surface area contributed by atoms with Crippen LogP contribution in [0.15, 0.2) is 51.7 Å². The number of fused-ring (bicyclic) bond motifs is 1. The van der Waals surface area contributed by atoms with Gasteiger partial charge in [0.25, 0.3) is 10.0 Å². The van der Waals surface area contributed by atoms with Crippen molar-refractivity contribution in [3.05, 3.63) is 52.2 Å². The first-order chi connectivity index (χ1) is 14.9. The zero-order valence-electron chi connectivity index (χ0n) is 17.7. The lowest BCUT2D eigenvalue weighted by Crippen LogP contribution is -2.42. The molecule has 0 saturated carbocycles. The van der Waals surface area contributed by atoms with E-state index in [4.69, 9.17) is 0 Å². The molecule has 2 aliphatic rings. The maximum atomic E-state index is 13.1. The SMILES string of the molecule is CC(C)[C@H](N=C1NS(=O)(=O)c2ccccc21)C(=O)NCC(c1cccs1)N1CCCC1. The molecule has 1 aromatic heterocycles. The molecular formula is C22H28N4O3S2. The Kier molecular flexibility index (Phi) is 6.45. The lowest BCUT2D eigenvalue weighted by atomic mass is 10.0. The summed E-state index contributed by atoms with van der Waals surface area (Å²) in [5.41, 5.74) is 0.509. The minimum Gasteiger partial charge on any atom is -0.352 e. The molecule has 7 nitrogen and oxygen atoms in total. The Morgan fingerprint density at radius 2 is 1.94 bits per heavy atom. The first-order valence-corrected chi connectivity index (χ1v) is 13.0. The molecule has 3 heterocycles. The molecule has 9 heteroatoms. The highest BCUT2D eigenvalue weighted by atomic mass is 32.2. The third kappa shape index (κ3) is 4.68. The van der Waals surface area contributed by atoms with Gasteiger partial charge in [0.05, 0.1) is 10.9 Å². The molecule has 2 aliphatic heterocycles. The van der Waals surface area contributed by atoms with Crippen molar-refractivity contribution in [3.8, 4) is 0 Å². The molecule has 31 heavy (non-hydrogen) atoms. The molecule has 2 atom stereocenters. The second-order valence-electron chi connectivity index (χ2n) is 8.29. The van der Waals surface area contributed by atoms with Gasteiger partial charge in [0, 0.05) is 17.0 Å². The van der Waals surface area contributed by atoms with Gasteiger partial charge in [0.15, 0.2) is 0 Å². The van der Waals surface area contributed by atoms with Crippen LogP contribution in [0.1, 0.15) is 43.2 Å². The van der Waals surface area contributed by atoms with Gasteiger partial charge >= 0.3 is 0 Å². The minimum atomic E-state index is -3.64. The summed E-state index contributed by atoms with van der Waals surface area (Å²) >= 11 is 1.71. The van der Waals surface area contributed by atoms with E-state index in [9.17, 15) is 13.2 Å². The van der Waals surface area contributed by atoms with Gasteiger partial charge in [-0.2, -0.15) is 0 Å². The summed E-state index contributed by atoms with van der Waals surface area (Å²) in [6.07, 6.45) is 2.36. The number of hydrogen-bond donors (Lipinski definition) is 2. The number of thiophene rings is 1. The minimum absolute atomic E-state index is 0.0864. The Balaban J connectivity index is 1.52. The molecule has 0 spiro atoms. The van der Waals surface area contributed by atoms with Gasteiger partial charge in [0.1, 0.15) is 11.9 Å². The summed E-state index contributed by atoms with van der Waals surface area (Å²) in [4.78, 5) is 21.5. The number of likely N-dealkylation sites (tertiary alicyclic amines) is 1. The third-order valence-electron chi connectivity index (χ3n) is 5.75. The Morgan fingerprint density at radius 1 is 1.19 bits per heavy atom. The van der Waals surface area contributed by atoms with Crippen LogP contribution < -0.4 is 10.0 Å². The summed E-state index contributed by atoms with van der Waals surface area (Å²) < 4.78 is 27.3. The van der Waals surface area contributed by atoms with E-state index in [1.807, 2.05) is 19.9 Å². The number of nitrogens with one attached hydrogen (secondary N) is 2. The Morgan fingerprint density at radius 3 is 2.61 bits per heavy atom. The van der Waals surface area contributed by atoms with E-state index in [1.54, 1.807) is 35.6 Å². The zero-order chi connectivity index (χ0) is 22.0. The van der Waals surface area contributed by atoms with Crippen LogP contribution in [-0.2, 0) is 14.8 Å². The number of aliphatic imine (C=N–C) groups is 1. The van der Waals surface area contributed by atoms with Crippen LogP contribution >= 0.6 is 11.3 Å². The third-order valence-corrected chi connectivity index (χ3v) is 8.12. The van der Waals surface area contributed by atoms with Crippen LogP contribution in [0.4, 0.5) is 0 Å². The first-order valence-electron chi connectivity index (χ1n) is 10.6. The van der Waals surface area contributed by atoms with Gasteiger partial charge in [-0.15, -0.1) is 11.3 Å². The second-order valence-corrected chi connectivity index (χ2v) is 10.9. The molecule has 4 rings (SSSR count). The van der Waals surface area contributed by atoms with Crippen molar-refractivity contribution in [2.75, 3.05) is 19.6 Å². The van der Waals surface area contributed by atoms with E-state index >= 15 is 0 Å². The molecule has 0 aliphatic carbocycles. The molecular weight excluding hydrogens is 432 g/mol. The molecule has 2 N–H and O–H groups in total. The van der Waals surface area contributed by atoms with Crippen LogP contribution in [-0.4, -0.2) is 50.7 Å². The van der Waals surface area contributed by atoms with Gasteiger partial charge in [0.2, 0.25) is 5.91 Å². The van der Waals surface area contributed by atoms with Gasteiger partial charge in [-0.3, -0.25) is 19.4 Å². The van der Waals surface area contributed by atoms with Crippen molar-refractivity contribution in [2.24, 2.45) is 10.9 Å². The second kappa shape index (κ2) is 9.10. The number of carbonyl (C=O) groups excluding carboxylic acids is 1. The number of hydrogen-bond acceptors (Lipinski definition) is 6. The van der Waals surface area contributed by atoms with Crippen molar-refractivity contribution < 1.29 is 13.2 Å². The van der Waals surface area contributed by atoms with E-state index in [2.05, 4.69) is 31.4 Å². The summed E-state index contributed by atoms with van der Waals surface area (Å²) in [6.45, 7) is 6.41. The summed E-state index contributed by atoms with van der Waals surface area (Å²) in [5.74, 6) is -0.0395. The van der Waals surface area contributed by atoms with Crippen LogP contribution in [0.25, 0.3) is 0 Å². The Bertz CT molecular complexity index is 1060. The maximum absolute atomic E-state index is 13.1. The fourth-order valence-corrected chi connectivity index (χ4v) is 6.22. The topological polar surface area (TPSA) is 90.9 Å². The molecule has 2 aromatic rings. The highest BCUT2D eigenvalue weighted by Crippen LogP contribution is 2.28. The highest BCUT2D eigenvalue weighted by molar-refractivity contribution is 7.90. The van der Waals surface area contributed by atoms with Gasteiger partial charge in [-0.25, -0.2) is 8.42 Å². The van der Waals surface area contributed by atoms with Crippen LogP contribution in [0.2, 0.25) is 0 Å². The quantitative estimate of drug-likeness (QED) is 0.665. The van der Waals surface area contributed by atoms with Gasteiger partial charge in [-0.1, -0.05) is 32.0 Å². The lowest BCUT2D eigenvalue weighted by Gasteiger charge is -2.28. The molecule has 1 unspecified atom stereocenters. The van der Waals surface area contributed by atoms with Crippen molar-refractivity contribution in [1.82, 2.24) is 14.9 Å². The van der Waals surface area contributed by atoms with Crippen LogP contribution in [0.5, 0.6) is 0 Å². The number of rotatable bonds is 7. The largest absolute Gasteiger partial charge is 0.352 e. The summed E-state index contributed by atoms with van der Waals surface area (Å²) in [5, 5.41) is 5.15. The number of carbonyl (C=O) groups is 1. The molecule has 166 valence electrons. The number of nitrogens with zero attached hydrogens (tertiary/aromatic N) is 2. The standard InChI is InChI=1S/C22H28N4O3S2/c1-15(2)20(24-21-16-8-3-4-10-19(16)31(28,29)25-21)22(27)23-14-17(18-9-7-13-30-18)26-11-5-6-12-26/h3-4,7-10,13,15,17,20H,5-6,11-12,14H2,1-2H3,(H,23,27)(H,24,25)/t17?,20-/m0/s1. The van der Waals surface area contributed by atoms with E-state index < -0.39 is 16.1 Å². The normalized spacial score (nSPS) is 21.1. The molecule has 1 fully saturated rings. The number of benzene rings is 1. The molecule has 0 radical (unpaired) electrons. The number of amidine groups is 1. The smallest absolute Gasteiger partial charge is 0.263 e. The lowest BCUT2D eigenvalue weighted by molar-refractivity contribution is -0.123. The van der Waals surface area contributed by atoms with Crippen molar-refractivity contribution in [2.45, 2.75) is 43.7 Å². The molecule has 1 saturated heterocycles. The predicted molar refractivity (Wildman–Crippen MR) is 123 cm³/mol. The van der Waals surface area contributed by atoms with Crippen molar-refractivity contribution in [1.29, 1.82) is 0 Å². The molecule has 1 amide bonds. The average Bonchev–Trinajstić information content (AvgIpc) is 3.49. The summed E-state index contributed by atoms with van der Waals surface area (Å²) in [6, 6.07) is 10.3. The predicted octanol–water partition coefficient (Wildman–Crippen LogP) is 2.76. The summed E-state index contributed by atoms with van der Waals surface area (Å²) in [7, 11) is -3.64. The van der Waals surface area contributed by atoms with Crippen LogP contribution in [0.3, 0.4) is 0 Å². The monoisotopic (exact) mass is 460 g/mol. The zero-order valence-corrected chi connectivity index (χ0v) is 19.4. The van der Waals surface area contributed by atoms with Crippen molar-refractivity contribution in [3.63, 3.8) is 0 Å². The van der Waals surface area contributed by atoms with E-state index in [0.29, 0.717) is 12.1 Å². The fraction of sp³-hybridized carbons (Fsp3) is 0.455. The maximum Gasteiger partial charge on any atom is 0.263 e. The van der Waals surface area contributed by atoms with E-state index in [1.165, 1.54) is 17.7 Å². The van der Waals surface area contributed by atoms with Gasteiger partial charge < -0.3 is 5.32 Å².